The Balaban J connectivity index is 1.30. The van der Waals surface area contributed by atoms with Crippen LogP contribution in [-0.2, 0) is 30.3 Å². The van der Waals surface area contributed by atoms with Crippen LogP contribution in [0.4, 0.5) is 0 Å². The number of carbonyl (C=O) groups excluding carboxylic acids is 3. The molecule has 1 aliphatic heterocycles. The Labute approximate surface area is 231 Å². The molecule has 2 aromatic rings. The van der Waals surface area contributed by atoms with E-state index in [9.17, 15) is 24.6 Å². The smallest absolute Gasteiger partial charge is 0.328 e. The number of aliphatic hydroxyl groups excluding tert-OH is 1. The molecule has 4 N–H and O–H groups in total. The number of aromatic amines is 1. The van der Waals surface area contributed by atoms with Gasteiger partial charge in [0.1, 0.15) is 23.7 Å². The highest BCUT2D eigenvalue weighted by Crippen LogP contribution is 2.74. The van der Waals surface area contributed by atoms with Crippen LogP contribution in [0, 0.1) is 28.6 Å². The van der Waals surface area contributed by atoms with Crippen molar-refractivity contribution >= 4 is 28.7 Å². The number of H-pyrrole nitrogens is 1. The lowest BCUT2D eigenvalue weighted by atomic mass is 9.60. The Morgan fingerprint density at radius 2 is 2.10 bits per heavy atom. The second-order valence-electron chi connectivity index (χ2n) is 12.7. The summed E-state index contributed by atoms with van der Waals surface area (Å²) in [6.45, 7) is 5.88. The van der Waals surface area contributed by atoms with E-state index in [1.54, 1.807) is 6.92 Å². The topological polar surface area (TPSA) is 138 Å². The molecule has 7 rings (SSSR count). The van der Waals surface area contributed by atoms with E-state index in [1.807, 2.05) is 36.5 Å². The molecule has 9 atom stereocenters. The molecule has 40 heavy (non-hydrogen) atoms. The molecule has 9 nitrogen and oxygen atoms in total. The number of rotatable bonds is 5. The number of aromatic nitrogens is 1. The van der Waals surface area contributed by atoms with Crippen LogP contribution >= 0.6 is 0 Å². The number of ether oxygens (including phenoxy) is 2. The first-order valence-electron chi connectivity index (χ1n) is 14.0. The van der Waals surface area contributed by atoms with E-state index in [1.165, 1.54) is 7.11 Å². The predicted molar refractivity (Wildman–Crippen MR) is 143 cm³/mol. The van der Waals surface area contributed by atoms with Crippen molar-refractivity contribution in [2.75, 3.05) is 7.11 Å². The number of fused-ring (bicyclic) bond motifs is 7. The second-order valence-corrected chi connectivity index (χ2v) is 12.7. The number of benzene rings is 1. The fraction of sp³-hybridized carbons (Fsp3) is 0.516. The summed E-state index contributed by atoms with van der Waals surface area (Å²) < 4.78 is 10.7. The van der Waals surface area contributed by atoms with Gasteiger partial charge in [0.15, 0.2) is 0 Å². The van der Waals surface area contributed by atoms with Gasteiger partial charge in [-0.15, -0.1) is 0 Å². The van der Waals surface area contributed by atoms with Gasteiger partial charge >= 0.3 is 11.9 Å². The van der Waals surface area contributed by atoms with E-state index < -0.39 is 58.5 Å². The molecular formula is C31H34N2O7. The van der Waals surface area contributed by atoms with Gasteiger partial charge in [-0.05, 0) is 67.2 Å². The van der Waals surface area contributed by atoms with Gasteiger partial charge in [0, 0.05) is 29.4 Å². The van der Waals surface area contributed by atoms with E-state index >= 15 is 0 Å². The van der Waals surface area contributed by atoms with Gasteiger partial charge < -0.3 is 30.0 Å². The van der Waals surface area contributed by atoms with Crippen molar-refractivity contribution in [3.05, 3.63) is 59.8 Å². The fourth-order valence-electron chi connectivity index (χ4n) is 9.00. The number of carbonyl (C=O) groups is 3. The molecule has 4 bridgehead atoms. The highest BCUT2D eigenvalue weighted by Gasteiger charge is 2.75. The molecule has 1 amide bonds. The molecule has 5 aliphatic rings. The molecule has 4 fully saturated rings. The van der Waals surface area contributed by atoms with Crippen molar-refractivity contribution in [2.24, 2.45) is 28.6 Å². The zero-order valence-electron chi connectivity index (χ0n) is 22.6. The number of aliphatic hydroxyl groups is 2. The summed E-state index contributed by atoms with van der Waals surface area (Å²) in [7, 11) is 1.29. The Morgan fingerprint density at radius 1 is 1.32 bits per heavy atom. The number of esters is 2. The van der Waals surface area contributed by atoms with Crippen molar-refractivity contribution in [2.45, 2.75) is 62.9 Å². The minimum atomic E-state index is -1.32. The van der Waals surface area contributed by atoms with Crippen molar-refractivity contribution in [1.29, 1.82) is 0 Å². The van der Waals surface area contributed by atoms with E-state index in [0.717, 1.165) is 22.0 Å². The fourth-order valence-corrected chi connectivity index (χ4v) is 9.00. The lowest BCUT2D eigenvalue weighted by Crippen LogP contribution is -2.55. The average molecular weight is 547 g/mol. The van der Waals surface area contributed by atoms with Gasteiger partial charge in [-0.25, -0.2) is 4.79 Å². The summed E-state index contributed by atoms with van der Waals surface area (Å²) in [6.07, 6.45) is 4.00. The summed E-state index contributed by atoms with van der Waals surface area (Å²) in [6, 6.07) is 6.75. The van der Waals surface area contributed by atoms with E-state index in [0.29, 0.717) is 31.3 Å². The van der Waals surface area contributed by atoms with Gasteiger partial charge in [-0.1, -0.05) is 30.4 Å². The molecule has 1 aromatic carbocycles. The minimum absolute atomic E-state index is 0.0678. The van der Waals surface area contributed by atoms with Crippen molar-refractivity contribution in [3.8, 4) is 0 Å². The third-order valence-corrected chi connectivity index (χ3v) is 10.9. The number of amides is 1. The monoisotopic (exact) mass is 546 g/mol. The Bertz CT molecular complexity index is 1510. The Hall–Kier alpha value is -3.43. The summed E-state index contributed by atoms with van der Waals surface area (Å²) in [4.78, 5) is 44.0. The third kappa shape index (κ3) is 3.13. The molecule has 0 unspecified atom stereocenters. The van der Waals surface area contributed by atoms with Crippen molar-refractivity contribution in [1.82, 2.24) is 10.3 Å². The summed E-state index contributed by atoms with van der Waals surface area (Å²) in [5, 5.41) is 26.6. The molecule has 3 saturated carbocycles. The molecule has 0 radical (unpaired) electrons. The van der Waals surface area contributed by atoms with Gasteiger partial charge in [-0.2, -0.15) is 0 Å². The molecule has 2 heterocycles. The van der Waals surface area contributed by atoms with Gasteiger partial charge in [0.25, 0.3) is 0 Å². The minimum Gasteiger partial charge on any atom is -0.467 e. The highest BCUT2D eigenvalue weighted by atomic mass is 16.6. The largest absolute Gasteiger partial charge is 0.467 e. The van der Waals surface area contributed by atoms with Crippen LogP contribution in [0.15, 0.2) is 54.3 Å². The summed E-state index contributed by atoms with van der Waals surface area (Å²) in [5.41, 5.74) is 0.360. The maximum atomic E-state index is 14.5. The predicted octanol–water partition coefficient (Wildman–Crippen LogP) is 2.32. The average Bonchev–Trinajstić information content (AvgIpc) is 3.56. The first kappa shape index (κ1) is 25.5. The van der Waals surface area contributed by atoms with E-state index in [2.05, 4.69) is 16.9 Å². The van der Waals surface area contributed by atoms with Crippen LogP contribution in [0.1, 0.15) is 38.2 Å². The van der Waals surface area contributed by atoms with Crippen LogP contribution in [-0.4, -0.2) is 64.0 Å². The highest BCUT2D eigenvalue weighted by molar-refractivity contribution is 5.91. The molecule has 1 spiro atoms. The number of nitrogens with one attached hydrogen (secondary N) is 2. The van der Waals surface area contributed by atoms with E-state index in [-0.39, 0.29) is 18.2 Å². The quantitative estimate of drug-likeness (QED) is 0.334. The zero-order valence-corrected chi connectivity index (χ0v) is 22.6. The SMILES string of the molecule is C=C1C[C@]23C[C@@]1(O)CC[C@H]2C1=C[C@H]2OC(=O)[C@@](C)([C@H]1[C@@H]3C(=O)N[C@@H](Cc1c[nH]c3ccccc13)C(=O)OC)[C@H]2O. The number of para-hydroxylation sites is 1. The van der Waals surface area contributed by atoms with Crippen LogP contribution in [0.25, 0.3) is 10.9 Å². The van der Waals surface area contributed by atoms with Gasteiger partial charge in [-0.3, -0.25) is 9.59 Å². The molecule has 1 saturated heterocycles. The zero-order chi connectivity index (χ0) is 28.2. The lowest BCUT2D eigenvalue weighted by Gasteiger charge is -2.43. The first-order chi connectivity index (χ1) is 19.0. The standard InChI is InChI=1S/C31H34N2O7/c1-15-12-30-14-31(15,38)9-8-19(30)18-11-22-25(34)29(2,28(37)40-22)23(18)24(30)26(35)33-21(27(36)39-3)10-16-13-32-20-7-5-4-6-17(16)20/h4-7,11,13,19,21-25,32,34,38H,1,8-10,12,14H2,2-3H3,(H,33,35)/t19-,21-,22+,23+,24+,25-,29-,30-,31-/m0/s1. The third-order valence-electron chi connectivity index (χ3n) is 10.9. The maximum Gasteiger partial charge on any atom is 0.328 e. The van der Waals surface area contributed by atoms with Crippen molar-refractivity contribution in [3.63, 3.8) is 0 Å². The van der Waals surface area contributed by atoms with Crippen LogP contribution in [0.3, 0.4) is 0 Å². The molecule has 1 aromatic heterocycles. The Morgan fingerprint density at radius 3 is 2.88 bits per heavy atom. The Kier molecular flexibility index (Phi) is 5.30. The number of hydrogen-bond acceptors (Lipinski definition) is 7. The van der Waals surface area contributed by atoms with Gasteiger partial charge in [0.05, 0.1) is 18.6 Å². The molecule has 210 valence electrons. The molecular weight excluding hydrogens is 512 g/mol. The molecule has 9 heteroatoms. The summed E-state index contributed by atoms with van der Waals surface area (Å²) >= 11 is 0. The van der Waals surface area contributed by atoms with E-state index in [4.69, 9.17) is 9.47 Å². The van der Waals surface area contributed by atoms with Crippen LogP contribution < -0.4 is 5.32 Å². The summed E-state index contributed by atoms with van der Waals surface area (Å²) in [5.74, 6) is -2.97. The lowest BCUT2D eigenvalue weighted by molar-refractivity contribution is -0.153. The number of hydrogen-bond donors (Lipinski definition) is 4. The normalized spacial score (nSPS) is 39.8. The first-order valence-corrected chi connectivity index (χ1v) is 14.0. The molecule has 4 aliphatic carbocycles. The second kappa shape index (κ2) is 8.30. The van der Waals surface area contributed by atoms with Crippen LogP contribution in [0.2, 0.25) is 0 Å². The maximum absolute atomic E-state index is 14.5. The number of methoxy groups -OCH3 is 1. The van der Waals surface area contributed by atoms with Gasteiger partial charge in [0.2, 0.25) is 5.91 Å². The number of allylic oxidation sites excluding steroid dienone is 1. The van der Waals surface area contributed by atoms with Crippen LogP contribution in [0.5, 0.6) is 0 Å². The van der Waals surface area contributed by atoms with Crippen molar-refractivity contribution < 1.29 is 34.1 Å².